The van der Waals surface area contributed by atoms with Crippen LogP contribution in [0.15, 0.2) is 42.6 Å². The topological polar surface area (TPSA) is 24.9 Å². The first-order valence-electron chi connectivity index (χ1n) is 7.22. The summed E-state index contributed by atoms with van der Waals surface area (Å²) in [4.78, 5) is 4.47. The molecule has 0 radical (unpaired) electrons. The number of rotatable bonds is 6. The number of pyridine rings is 1. The summed E-state index contributed by atoms with van der Waals surface area (Å²) in [6, 6.07) is 11.8. The van der Waals surface area contributed by atoms with Gasteiger partial charge in [-0.2, -0.15) is 0 Å². The van der Waals surface area contributed by atoms with Crippen molar-refractivity contribution in [1.82, 2.24) is 10.3 Å². The van der Waals surface area contributed by atoms with Gasteiger partial charge in [-0.05, 0) is 48.9 Å². The monoisotopic (exact) mass is 322 g/mol. The molecule has 0 amide bonds. The average molecular weight is 323 g/mol. The summed E-state index contributed by atoms with van der Waals surface area (Å²) in [5.41, 5.74) is 2.15. The molecule has 1 heterocycles. The van der Waals surface area contributed by atoms with Crippen molar-refractivity contribution in [1.29, 1.82) is 0 Å². The summed E-state index contributed by atoms with van der Waals surface area (Å²) in [7, 11) is 0. The highest BCUT2D eigenvalue weighted by Crippen LogP contribution is 2.32. The van der Waals surface area contributed by atoms with Crippen molar-refractivity contribution in [2.75, 3.05) is 6.54 Å². The quantitative estimate of drug-likeness (QED) is 0.787. The number of halogens is 2. The molecule has 0 bridgehead atoms. The number of nitrogens with zero attached hydrogens (tertiary/aromatic N) is 1. The zero-order valence-electron chi connectivity index (χ0n) is 12.3. The second kappa shape index (κ2) is 7.79. The second-order valence-electron chi connectivity index (χ2n) is 5.18. The molecule has 0 aliphatic heterocycles. The Kier molecular flexibility index (Phi) is 6.04. The molecule has 2 rings (SSSR count). The van der Waals surface area contributed by atoms with E-state index in [0.717, 1.165) is 24.2 Å². The van der Waals surface area contributed by atoms with Crippen molar-refractivity contribution in [3.63, 3.8) is 0 Å². The molecule has 0 spiro atoms. The van der Waals surface area contributed by atoms with Gasteiger partial charge in [-0.15, -0.1) is 0 Å². The van der Waals surface area contributed by atoms with Gasteiger partial charge >= 0.3 is 0 Å². The predicted molar refractivity (Wildman–Crippen MR) is 90.1 cm³/mol. The highest BCUT2D eigenvalue weighted by molar-refractivity contribution is 6.34. The van der Waals surface area contributed by atoms with Crippen molar-refractivity contribution in [2.24, 2.45) is 0 Å². The predicted octanol–water partition coefficient (Wildman–Crippen LogP) is 5.23. The minimum absolute atomic E-state index is 0.135. The van der Waals surface area contributed by atoms with Crippen molar-refractivity contribution < 1.29 is 0 Å². The molecule has 2 atom stereocenters. The smallest absolute Gasteiger partial charge is 0.0450 e. The van der Waals surface area contributed by atoms with Gasteiger partial charge in [-0.3, -0.25) is 4.98 Å². The van der Waals surface area contributed by atoms with Gasteiger partial charge in [0, 0.05) is 33.9 Å². The van der Waals surface area contributed by atoms with Gasteiger partial charge < -0.3 is 5.32 Å². The van der Waals surface area contributed by atoms with E-state index in [0.29, 0.717) is 10.0 Å². The molecule has 4 heteroatoms. The van der Waals surface area contributed by atoms with Crippen molar-refractivity contribution in [3.8, 4) is 0 Å². The lowest BCUT2D eigenvalue weighted by atomic mass is 9.91. The van der Waals surface area contributed by atoms with E-state index < -0.39 is 0 Å². The summed E-state index contributed by atoms with van der Waals surface area (Å²) >= 11 is 12.3. The third-order valence-electron chi connectivity index (χ3n) is 3.51. The molecule has 1 aromatic carbocycles. The van der Waals surface area contributed by atoms with E-state index >= 15 is 0 Å². The van der Waals surface area contributed by atoms with E-state index in [2.05, 4.69) is 30.2 Å². The van der Waals surface area contributed by atoms with Gasteiger partial charge in [0.1, 0.15) is 0 Å². The van der Waals surface area contributed by atoms with Crippen LogP contribution >= 0.6 is 23.2 Å². The molecule has 0 fully saturated rings. The van der Waals surface area contributed by atoms with Crippen molar-refractivity contribution >= 4 is 23.2 Å². The Morgan fingerprint density at radius 3 is 2.43 bits per heavy atom. The summed E-state index contributed by atoms with van der Waals surface area (Å²) in [6.45, 7) is 5.26. The fraction of sp³-hybridized carbons (Fsp3) is 0.353. The van der Waals surface area contributed by atoms with Gasteiger partial charge in [-0.25, -0.2) is 0 Å². The molecule has 0 aliphatic carbocycles. The molecule has 1 N–H and O–H groups in total. The zero-order chi connectivity index (χ0) is 15.2. The van der Waals surface area contributed by atoms with Gasteiger partial charge in [0.25, 0.3) is 0 Å². The van der Waals surface area contributed by atoms with Crippen LogP contribution in [0.3, 0.4) is 0 Å². The Balaban J connectivity index is 2.33. The Morgan fingerprint density at radius 2 is 1.86 bits per heavy atom. The van der Waals surface area contributed by atoms with Crippen molar-refractivity contribution in [3.05, 3.63) is 63.9 Å². The number of aromatic nitrogens is 1. The number of nitrogens with one attached hydrogen (secondary N) is 1. The summed E-state index contributed by atoms with van der Waals surface area (Å²) in [5.74, 6) is 0.229. The molecule has 0 saturated heterocycles. The first-order chi connectivity index (χ1) is 10.1. The fourth-order valence-electron chi connectivity index (χ4n) is 2.45. The lowest BCUT2D eigenvalue weighted by Gasteiger charge is -2.26. The molecular formula is C17H20Cl2N2. The Bertz CT molecular complexity index is 552. The molecule has 0 saturated carbocycles. The van der Waals surface area contributed by atoms with E-state index in [1.165, 1.54) is 0 Å². The van der Waals surface area contributed by atoms with Crippen LogP contribution in [0.1, 0.15) is 43.5 Å². The molecular weight excluding hydrogens is 303 g/mol. The van der Waals surface area contributed by atoms with Gasteiger partial charge in [0.05, 0.1) is 0 Å². The van der Waals surface area contributed by atoms with E-state index in [4.69, 9.17) is 23.2 Å². The van der Waals surface area contributed by atoms with Gasteiger partial charge in [0.15, 0.2) is 0 Å². The Hall–Kier alpha value is -1.09. The van der Waals surface area contributed by atoms with Crippen LogP contribution in [0.5, 0.6) is 0 Å². The second-order valence-corrected chi connectivity index (χ2v) is 6.05. The molecule has 2 unspecified atom stereocenters. The summed E-state index contributed by atoms with van der Waals surface area (Å²) in [5, 5.41) is 4.90. The SMILES string of the molecule is CCCNC(c1cc(Cl)cc(Cl)c1)C(C)c1ccccn1. The average Bonchev–Trinajstić information content (AvgIpc) is 2.47. The zero-order valence-corrected chi connectivity index (χ0v) is 13.8. The molecule has 0 aliphatic rings. The third kappa shape index (κ3) is 4.44. The fourth-order valence-corrected chi connectivity index (χ4v) is 3.00. The van der Waals surface area contributed by atoms with Crippen LogP contribution in [0, 0.1) is 0 Å². The van der Waals surface area contributed by atoms with E-state index in [1.54, 1.807) is 6.07 Å². The lowest BCUT2D eigenvalue weighted by molar-refractivity contribution is 0.460. The summed E-state index contributed by atoms with van der Waals surface area (Å²) in [6.07, 6.45) is 2.90. The van der Waals surface area contributed by atoms with Crippen LogP contribution in [-0.4, -0.2) is 11.5 Å². The minimum Gasteiger partial charge on any atom is -0.309 e. The first kappa shape index (κ1) is 16.3. The normalized spacial score (nSPS) is 13.9. The van der Waals surface area contributed by atoms with E-state index in [1.807, 2.05) is 30.5 Å². The minimum atomic E-state index is 0.135. The summed E-state index contributed by atoms with van der Waals surface area (Å²) < 4.78 is 0. The largest absolute Gasteiger partial charge is 0.309 e. The van der Waals surface area contributed by atoms with E-state index in [-0.39, 0.29) is 12.0 Å². The van der Waals surface area contributed by atoms with Crippen LogP contribution in [0.4, 0.5) is 0 Å². The Labute approximate surface area is 136 Å². The van der Waals surface area contributed by atoms with Gasteiger partial charge in [0.2, 0.25) is 0 Å². The van der Waals surface area contributed by atoms with E-state index in [9.17, 15) is 0 Å². The van der Waals surface area contributed by atoms with Crippen LogP contribution < -0.4 is 5.32 Å². The lowest BCUT2D eigenvalue weighted by Crippen LogP contribution is -2.27. The standard InChI is InChI=1S/C17H20Cl2N2/c1-3-7-21-17(12(2)16-6-4-5-8-20-16)13-9-14(18)11-15(19)10-13/h4-6,8-12,17,21H,3,7H2,1-2H3. The third-order valence-corrected chi connectivity index (χ3v) is 3.95. The molecule has 2 aromatic rings. The Morgan fingerprint density at radius 1 is 1.14 bits per heavy atom. The maximum Gasteiger partial charge on any atom is 0.0450 e. The van der Waals surface area contributed by atoms with Crippen LogP contribution in [-0.2, 0) is 0 Å². The highest BCUT2D eigenvalue weighted by Gasteiger charge is 2.21. The first-order valence-corrected chi connectivity index (χ1v) is 7.97. The maximum atomic E-state index is 6.15. The number of benzene rings is 1. The highest BCUT2D eigenvalue weighted by atomic mass is 35.5. The number of hydrogen-bond acceptors (Lipinski definition) is 2. The molecule has 1 aromatic heterocycles. The van der Waals surface area contributed by atoms with Crippen LogP contribution in [0.2, 0.25) is 10.0 Å². The van der Waals surface area contributed by atoms with Crippen LogP contribution in [0.25, 0.3) is 0 Å². The molecule has 21 heavy (non-hydrogen) atoms. The number of hydrogen-bond donors (Lipinski definition) is 1. The molecule has 2 nitrogen and oxygen atoms in total. The van der Waals surface area contributed by atoms with Gasteiger partial charge in [-0.1, -0.05) is 43.1 Å². The maximum absolute atomic E-state index is 6.15. The molecule has 112 valence electrons. The van der Waals surface area contributed by atoms with Crippen molar-refractivity contribution in [2.45, 2.75) is 32.2 Å².